The molecule has 1 aromatic rings. The predicted octanol–water partition coefficient (Wildman–Crippen LogP) is 2.51. The van der Waals surface area contributed by atoms with Crippen LogP contribution in [0.3, 0.4) is 0 Å². The van der Waals surface area contributed by atoms with E-state index in [4.69, 9.17) is 5.84 Å². The maximum Gasteiger partial charge on any atom is 0.145 e. The van der Waals surface area contributed by atoms with E-state index in [1.807, 2.05) is 6.07 Å². The fourth-order valence-corrected chi connectivity index (χ4v) is 1.69. The van der Waals surface area contributed by atoms with Crippen molar-refractivity contribution >= 4 is 11.6 Å². The third kappa shape index (κ3) is 4.14. The van der Waals surface area contributed by atoms with Crippen molar-refractivity contribution < 1.29 is 0 Å². The second-order valence-corrected chi connectivity index (χ2v) is 4.90. The molecule has 1 aromatic heterocycles. The number of hydrogen-bond acceptors (Lipinski definition) is 5. The van der Waals surface area contributed by atoms with Crippen LogP contribution in [0.4, 0.5) is 11.6 Å². The Kier molecular flexibility index (Phi) is 5.85. The zero-order chi connectivity index (χ0) is 13.5. The molecule has 0 aliphatic rings. The number of nitrogens with one attached hydrogen (secondary N) is 1. The summed E-state index contributed by atoms with van der Waals surface area (Å²) in [6.45, 7) is 7.37. The van der Waals surface area contributed by atoms with E-state index in [-0.39, 0.29) is 0 Å². The Labute approximate surface area is 110 Å². The molecular weight excluding hydrogens is 226 g/mol. The average molecular weight is 251 g/mol. The standard InChI is InChI=1S/C13H25N5/c1-5-6-7-8-18(4)12-9-11(17-14)15-13(16-12)10(2)3/h9-10H,5-8,14H2,1-4H3,(H,15,16,17). The Hall–Kier alpha value is -1.36. The first-order valence-corrected chi connectivity index (χ1v) is 6.65. The van der Waals surface area contributed by atoms with Gasteiger partial charge in [-0.1, -0.05) is 33.6 Å². The molecule has 102 valence electrons. The average Bonchev–Trinajstić information content (AvgIpc) is 2.38. The minimum Gasteiger partial charge on any atom is -0.360 e. The molecule has 5 heteroatoms. The van der Waals surface area contributed by atoms with Crippen molar-refractivity contribution in [1.29, 1.82) is 0 Å². The molecule has 0 atom stereocenters. The summed E-state index contributed by atoms with van der Waals surface area (Å²) < 4.78 is 0. The summed E-state index contributed by atoms with van der Waals surface area (Å²) in [6.07, 6.45) is 3.65. The van der Waals surface area contributed by atoms with Crippen molar-refractivity contribution in [3.63, 3.8) is 0 Å². The minimum absolute atomic E-state index is 0.293. The summed E-state index contributed by atoms with van der Waals surface area (Å²) in [5, 5.41) is 0. The number of rotatable bonds is 7. The molecule has 3 N–H and O–H groups in total. The maximum absolute atomic E-state index is 5.45. The van der Waals surface area contributed by atoms with E-state index >= 15 is 0 Å². The van der Waals surface area contributed by atoms with Crippen LogP contribution >= 0.6 is 0 Å². The number of aromatic nitrogens is 2. The van der Waals surface area contributed by atoms with Crippen molar-refractivity contribution in [2.45, 2.75) is 46.0 Å². The number of nitrogens with two attached hydrogens (primary N) is 1. The highest BCUT2D eigenvalue weighted by molar-refractivity contribution is 5.48. The highest BCUT2D eigenvalue weighted by atomic mass is 15.3. The Morgan fingerprint density at radius 3 is 2.61 bits per heavy atom. The topological polar surface area (TPSA) is 67.1 Å². The second kappa shape index (κ2) is 7.16. The lowest BCUT2D eigenvalue weighted by Crippen LogP contribution is -2.21. The van der Waals surface area contributed by atoms with Crippen LogP contribution in [0, 0.1) is 0 Å². The predicted molar refractivity (Wildman–Crippen MR) is 76.7 cm³/mol. The Bertz CT molecular complexity index is 364. The lowest BCUT2D eigenvalue weighted by atomic mass is 10.2. The molecule has 0 saturated heterocycles. The Morgan fingerprint density at radius 1 is 1.33 bits per heavy atom. The first-order chi connectivity index (χ1) is 8.58. The summed E-state index contributed by atoms with van der Waals surface area (Å²) in [4.78, 5) is 11.1. The molecule has 0 aliphatic heterocycles. The van der Waals surface area contributed by atoms with E-state index in [1.54, 1.807) is 0 Å². The molecule has 0 aliphatic carbocycles. The summed E-state index contributed by atoms with van der Waals surface area (Å²) in [6, 6.07) is 1.89. The lowest BCUT2D eigenvalue weighted by Gasteiger charge is -2.20. The van der Waals surface area contributed by atoms with E-state index < -0.39 is 0 Å². The summed E-state index contributed by atoms with van der Waals surface area (Å²) in [7, 11) is 2.06. The van der Waals surface area contributed by atoms with Crippen LogP contribution in [-0.2, 0) is 0 Å². The van der Waals surface area contributed by atoms with Crippen molar-refractivity contribution in [2.24, 2.45) is 5.84 Å². The molecule has 0 fully saturated rings. The van der Waals surface area contributed by atoms with Crippen LogP contribution in [-0.4, -0.2) is 23.6 Å². The van der Waals surface area contributed by atoms with E-state index in [0.29, 0.717) is 11.7 Å². The van der Waals surface area contributed by atoms with Gasteiger partial charge in [0.05, 0.1) is 0 Å². The fourth-order valence-electron chi connectivity index (χ4n) is 1.69. The zero-order valence-corrected chi connectivity index (χ0v) is 11.9. The van der Waals surface area contributed by atoms with Gasteiger partial charge in [-0.05, 0) is 6.42 Å². The molecular formula is C13H25N5. The molecule has 1 heterocycles. The van der Waals surface area contributed by atoms with Crippen LogP contribution in [0.15, 0.2) is 6.07 Å². The van der Waals surface area contributed by atoms with Crippen molar-refractivity contribution in [3.05, 3.63) is 11.9 Å². The van der Waals surface area contributed by atoms with Gasteiger partial charge < -0.3 is 10.3 Å². The number of nitrogen functional groups attached to an aromatic ring is 1. The number of hydrogen-bond donors (Lipinski definition) is 2. The van der Waals surface area contributed by atoms with E-state index in [0.717, 1.165) is 18.2 Å². The van der Waals surface area contributed by atoms with Crippen molar-refractivity contribution in [3.8, 4) is 0 Å². The van der Waals surface area contributed by atoms with Gasteiger partial charge in [0.15, 0.2) is 0 Å². The van der Waals surface area contributed by atoms with Crippen LogP contribution < -0.4 is 16.2 Å². The molecule has 0 spiro atoms. The minimum atomic E-state index is 0.293. The highest BCUT2D eigenvalue weighted by Crippen LogP contribution is 2.19. The van der Waals surface area contributed by atoms with Gasteiger partial charge in [0, 0.05) is 25.6 Å². The second-order valence-electron chi connectivity index (χ2n) is 4.90. The van der Waals surface area contributed by atoms with E-state index in [2.05, 4.69) is 48.1 Å². The van der Waals surface area contributed by atoms with Gasteiger partial charge in [-0.25, -0.2) is 15.8 Å². The molecule has 0 saturated carbocycles. The largest absolute Gasteiger partial charge is 0.360 e. The highest BCUT2D eigenvalue weighted by Gasteiger charge is 2.10. The molecule has 18 heavy (non-hydrogen) atoms. The van der Waals surface area contributed by atoms with Crippen LogP contribution in [0.1, 0.15) is 51.8 Å². The van der Waals surface area contributed by atoms with Crippen LogP contribution in [0.5, 0.6) is 0 Å². The first-order valence-electron chi connectivity index (χ1n) is 6.65. The van der Waals surface area contributed by atoms with E-state index in [9.17, 15) is 0 Å². The summed E-state index contributed by atoms with van der Waals surface area (Å²) >= 11 is 0. The van der Waals surface area contributed by atoms with Gasteiger partial charge >= 0.3 is 0 Å². The number of anilines is 2. The van der Waals surface area contributed by atoms with Gasteiger partial charge in [-0.3, -0.25) is 0 Å². The van der Waals surface area contributed by atoms with Gasteiger partial charge in [-0.2, -0.15) is 0 Å². The Morgan fingerprint density at radius 2 is 2.06 bits per heavy atom. The van der Waals surface area contributed by atoms with Gasteiger partial charge in [0.25, 0.3) is 0 Å². The first kappa shape index (κ1) is 14.7. The van der Waals surface area contributed by atoms with Crippen LogP contribution in [0.2, 0.25) is 0 Å². The van der Waals surface area contributed by atoms with Gasteiger partial charge in [-0.15, -0.1) is 0 Å². The van der Waals surface area contributed by atoms with Crippen molar-refractivity contribution in [1.82, 2.24) is 9.97 Å². The number of nitrogens with zero attached hydrogens (tertiary/aromatic N) is 3. The SMILES string of the molecule is CCCCCN(C)c1cc(NN)nc(C(C)C)n1. The molecule has 1 rings (SSSR count). The molecule has 0 amide bonds. The normalized spacial score (nSPS) is 10.8. The third-order valence-corrected chi connectivity index (χ3v) is 2.88. The molecule has 0 unspecified atom stereocenters. The number of hydrazine groups is 1. The lowest BCUT2D eigenvalue weighted by molar-refractivity contribution is 0.695. The number of unbranched alkanes of at least 4 members (excludes halogenated alkanes) is 2. The van der Waals surface area contributed by atoms with Crippen LogP contribution in [0.25, 0.3) is 0 Å². The van der Waals surface area contributed by atoms with Gasteiger partial charge in [0.1, 0.15) is 17.5 Å². The third-order valence-electron chi connectivity index (χ3n) is 2.88. The fraction of sp³-hybridized carbons (Fsp3) is 0.692. The molecule has 0 bridgehead atoms. The smallest absolute Gasteiger partial charge is 0.145 e. The quantitative estimate of drug-likeness (QED) is 0.443. The monoisotopic (exact) mass is 251 g/mol. The maximum atomic E-state index is 5.45. The Balaban J connectivity index is 2.82. The molecule has 0 aromatic carbocycles. The summed E-state index contributed by atoms with van der Waals surface area (Å²) in [5.41, 5.74) is 2.61. The van der Waals surface area contributed by atoms with Crippen molar-refractivity contribution in [2.75, 3.05) is 23.9 Å². The zero-order valence-electron chi connectivity index (χ0n) is 11.9. The molecule has 0 radical (unpaired) electrons. The summed E-state index contributed by atoms with van der Waals surface area (Å²) in [5.74, 6) is 8.17. The van der Waals surface area contributed by atoms with Gasteiger partial charge in [0.2, 0.25) is 0 Å². The molecule has 5 nitrogen and oxygen atoms in total. The van der Waals surface area contributed by atoms with E-state index in [1.165, 1.54) is 19.3 Å².